The first kappa shape index (κ1) is 31.7. The highest BCUT2D eigenvalue weighted by molar-refractivity contribution is 7.30. The predicted molar refractivity (Wildman–Crippen MR) is 246 cm³/mol. The minimum absolute atomic E-state index is 1.23. The van der Waals surface area contributed by atoms with E-state index in [2.05, 4.69) is 194 Å². The highest BCUT2D eigenvalue weighted by Crippen LogP contribution is 2.49. The van der Waals surface area contributed by atoms with Gasteiger partial charge in [0, 0.05) is 40.3 Å². The molecule has 0 radical (unpaired) electrons. The summed E-state index contributed by atoms with van der Waals surface area (Å²) in [5.74, 6) is 0. The van der Waals surface area contributed by atoms with Crippen LogP contribution in [0.3, 0.4) is 0 Å². The van der Waals surface area contributed by atoms with Crippen LogP contribution in [0, 0.1) is 0 Å². The molecular weight excluding hydrogens is 713 g/mol. The molecule has 0 fully saturated rings. The van der Waals surface area contributed by atoms with Crippen molar-refractivity contribution in [3.63, 3.8) is 0 Å². The molecule has 0 bridgehead atoms. The van der Waals surface area contributed by atoms with E-state index in [1.165, 1.54) is 117 Å². The first-order valence-electron chi connectivity index (χ1n) is 19.2. The van der Waals surface area contributed by atoms with Crippen molar-refractivity contribution in [1.82, 2.24) is 0 Å². The van der Waals surface area contributed by atoms with Gasteiger partial charge in [-0.15, -0.1) is 22.7 Å². The van der Waals surface area contributed by atoms with Crippen molar-refractivity contribution in [1.29, 1.82) is 0 Å². The Bertz CT molecular complexity index is 3450. The average Bonchev–Trinajstić information content (AvgIpc) is 3.84. The van der Waals surface area contributed by atoms with E-state index in [1.54, 1.807) is 0 Å². The maximum Gasteiger partial charge on any atom is 0.0448 e. The maximum atomic E-state index is 2.44. The van der Waals surface area contributed by atoms with Crippen LogP contribution in [-0.2, 0) is 0 Å². The monoisotopic (exact) mass is 744 g/mol. The molecule has 0 spiro atoms. The van der Waals surface area contributed by atoms with Gasteiger partial charge in [0.25, 0.3) is 0 Å². The van der Waals surface area contributed by atoms with Gasteiger partial charge >= 0.3 is 0 Å². The van der Waals surface area contributed by atoms with Crippen LogP contribution >= 0.6 is 22.7 Å². The Morgan fingerprint density at radius 2 is 0.804 bits per heavy atom. The lowest BCUT2D eigenvalue weighted by molar-refractivity contribution is 1.61. The molecule has 0 aliphatic heterocycles. The van der Waals surface area contributed by atoms with Crippen LogP contribution in [0.25, 0.3) is 117 Å². The first-order chi connectivity index (χ1) is 27.8. The fraction of sp³-hybridized carbons (Fsp3) is 0. The van der Waals surface area contributed by atoms with Crippen LogP contribution < -0.4 is 0 Å². The Kier molecular flexibility index (Phi) is 7.07. The summed E-state index contributed by atoms with van der Waals surface area (Å²) in [4.78, 5) is 0. The van der Waals surface area contributed by atoms with Crippen LogP contribution in [0.1, 0.15) is 0 Å². The lowest BCUT2D eigenvalue weighted by Crippen LogP contribution is -1.91. The van der Waals surface area contributed by atoms with Crippen LogP contribution in [0.15, 0.2) is 194 Å². The van der Waals surface area contributed by atoms with Crippen molar-refractivity contribution in [3.05, 3.63) is 194 Å². The van der Waals surface area contributed by atoms with Crippen molar-refractivity contribution < 1.29 is 0 Å². The minimum atomic E-state index is 1.23. The zero-order chi connectivity index (χ0) is 36.7. The van der Waals surface area contributed by atoms with E-state index in [1.807, 2.05) is 22.7 Å². The third-order valence-corrected chi connectivity index (χ3v) is 14.0. The Morgan fingerprint density at radius 1 is 0.250 bits per heavy atom. The van der Waals surface area contributed by atoms with Gasteiger partial charge in [0.05, 0.1) is 0 Å². The molecule has 12 aromatic rings. The summed E-state index contributed by atoms with van der Waals surface area (Å²) in [6.07, 6.45) is 0. The van der Waals surface area contributed by atoms with Crippen LogP contribution in [0.2, 0.25) is 0 Å². The van der Waals surface area contributed by atoms with Crippen molar-refractivity contribution in [3.8, 4) is 44.5 Å². The second-order valence-electron chi connectivity index (χ2n) is 14.7. The van der Waals surface area contributed by atoms with Gasteiger partial charge in [-0.05, 0) is 101 Å². The topological polar surface area (TPSA) is 0 Å². The molecule has 0 saturated heterocycles. The molecule has 0 saturated carbocycles. The zero-order valence-corrected chi connectivity index (χ0v) is 31.9. The highest BCUT2D eigenvalue weighted by atomic mass is 32.1. The van der Waals surface area contributed by atoms with Crippen molar-refractivity contribution in [2.75, 3.05) is 0 Å². The Hall–Kier alpha value is -6.58. The molecule has 2 aromatic heterocycles. The molecule has 260 valence electrons. The summed E-state index contributed by atoms with van der Waals surface area (Å²) in [5.41, 5.74) is 10.00. The van der Waals surface area contributed by atoms with Gasteiger partial charge in [0.15, 0.2) is 0 Å². The zero-order valence-electron chi connectivity index (χ0n) is 30.3. The predicted octanol–water partition coefficient (Wildman–Crippen LogP) is 16.5. The molecule has 0 nitrogen and oxygen atoms in total. The van der Waals surface area contributed by atoms with Gasteiger partial charge in [-0.2, -0.15) is 0 Å². The largest absolute Gasteiger partial charge is 0.135 e. The van der Waals surface area contributed by atoms with E-state index >= 15 is 0 Å². The molecule has 0 unspecified atom stereocenters. The molecule has 0 aliphatic rings. The smallest absolute Gasteiger partial charge is 0.0448 e. The number of rotatable bonds is 4. The summed E-state index contributed by atoms with van der Waals surface area (Å²) < 4.78 is 5.44. The van der Waals surface area contributed by atoms with Crippen molar-refractivity contribution >= 4 is 95.3 Å². The molecule has 0 aliphatic carbocycles. The number of fused-ring (bicyclic) bond motifs is 11. The Morgan fingerprint density at radius 3 is 1.52 bits per heavy atom. The van der Waals surface area contributed by atoms with E-state index in [-0.39, 0.29) is 0 Å². The Balaban J connectivity index is 1.03. The molecule has 2 heterocycles. The van der Waals surface area contributed by atoms with Gasteiger partial charge in [0.2, 0.25) is 0 Å². The number of thiophene rings is 2. The van der Waals surface area contributed by atoms with Gasteiger partial charge in [-0.1, -0.05) is 170 Å². The standard InChI is InChI=1S/C54H32S2/c1-2-13-33(14-3-1)36-15-12-16-37(31-36)51-43-22-8-6-20-41(43)50(42-21-7-9-23-44(42)51)35-27-25-34(26-28-35)46-32-49-52(40-19-5-4-17-38(40)46)53-48(55-49)30-29-45-39-18-10-11-24-47(39)56-54(45)53/h1-32H. The summed E-state index contributed by atoms with van der Waals surface area (Å²) in [7, 11) is 0. The normalized spacial score (nSPS) is 11.9. The van der Waals surface area contributed by atoms with Gasteiger partial charge in [-0.25, -0.2) is 0 Å². The van der Waals surface area contributed by atoms with E-state index in [0.717, 1.165) is 0 Å². The van der Waals surface area contributed by atoms with Crippen molar-refractivity contribution in [2.24, 2.45) is 0 Å². The first-order valence-corrected chi connectivity index (χ1v) is 20.8. The summed E-state index contributed by atoms with van der Waals surface area (Å²) in [6, 6.07) is 71.9. The van der Waals surface area contributed by atoms with Crippen LogP contribution in [0.5, 0.6) is 0 Å². The molecular formula is C54H32S2. The number of benzene rings is 10. The second kappa shape index (κ2) is 12.5. The van der Waals surface area contributed by atoms with Gasteiger partial charge in [0.1, 0.15) is 0 Å². The van der Waals surface area contributed by atoms with Crippen LogP contribution in [-0.4, -0.2) is 0 Å². The number of hydrogen-bond acceptors (Lipinski definition) is 2. The minimum Gasteiger partial charge on any atom is -0.135 e. The molecule has 2 heteroatoms. The third-order valence-electron chi connectivity index (χ3n) is 11.7. The summed E-state index contributed by atoms with van der Waals surface area (Å²) >= 11 is 3.84. The van der Waals surface area contributed by atoms with E-state index < -0.39 is 0 Å². The highest BCUT2D eigenvalue weighted by Gasteiger charge is 2.20. The summed E-state index contributed by atoms with van der Waals surface area (Å²) in [6.45, 7) is 0. The molecule has 0 atom stereocenters. The van der Waals surface area contributed by atoms with Gasteiger partial charge < -0.3 is 0 Å². The SMILES string of the molecule is c1ccc(-c2cccc(-c3c4ccccc4c(-c4ccc(-c5cc6sc7ccc8c9ccccc9sc8c7c6c6ccccc56)cc4)c4ccccc34)c2)cc1. The average molecular weight is 745 g/mol. The molecule has 0 N–H and O–H groups in total. The van der Waals surface area contributed by atoms with E-state index in [4.69, 9.17) is 0 Å². The van der Waals surface area contributed by atoms with Gasteiger partial charge in [-0.3, -0.25) is 0 Å². The van der Waals surface area contributed by atoms with Crippen LogP contribution in [0.4, 0.5) is 0 Å². The lowest BCUT2D eigenvalue weighted by atomic mass is 9.85. The molecule has 56 heavy (non-hydrogen) atoms. The molecule has 12 rings (SSSR count). The molecule has 10 aromatic carbocycles. The lowest BCUT2D eigenvalue weighted by Gasteiger charge is -2.18. The van der Waals surface area contributed by atoms with E-state index in [0.29, 0.717) is 0 Å². The summed E-state index contributed by atoms with van der Waals surface area (Å²) in [5, 5.41) is 13.2. The maximum absolute atomic E-state index is 2.44. The Labute approximate surface area is 332 Å². The quantitative estimate of drug-likeness (QED) is 0.157. The fourth-order valence-electron chi connectivity index (χ4n) is 9.19. The third kappa shape index (κ3) is 4.77. The second-order valence-corrected chi connectivity index (χ2v) is 16.9. The van der Waals surface area contributed by atoms with E-state index in [9.17, 15) is 0 Å². The number of hydrogen-bond donors (Lipinski definition) is 0. The molecule has 0 amide bonds. The fourth-order valence-corrected chi connectivity index (χ4v) is 11.7. The van der Waals surface area contributed by atoms with Crippen molar-refractivity contribution in [2.45, 2.75) is 0 Å².